The van der Waals surface area contributed by atoms with Gasteiger partial charge < -0.3 is 15.2 Å². The number of nitrogens with one attached hydrogen (secondary N) is 1. The highest BCUT2D eigenvalue weighted by Gasteiger charge is 2.53. The van der Waals surface area contributed by atoms with Crippen molar-refractivity contribution in [2.75, 3.05) is 39.4 Å². The van der Waals surface area contributed by atoms with Gasteiger partial charge in [0.05, 0.1) is 25.0 Å². The van der Waals surface area contributed by atoms with E-state index in [2.05, 4.69) is 48.3 Å². The molecule has 6 atom stereocenters. The Morgan fingerprint density at radius 1 is 1.31 bits per heavy atom. The number of ether oxygens (including phenoxy) is 1. The summed E-state index contributed by atoms with van der Waals surface area (Å²) in [5, 5.41) is 15.9. The number of hydrogen-bond donors (Lipinski definition) is 2. The van der Waals surface area contributed by atoms with Crippen molar-refractivity contribution in [3.8, 4) is 10.6 Å². The number of aliphatic hydroxyl groups excluding tert-OH is 1. The number of fused-ring (bicyclic) bond motifs is 2. The molecule has 7 heteroatoms. The van der Waals surface area contributed by atoms with Crippen LogP contribution in [0.2, 0.25) is 0 Å². The molecule has 6 nitrogen and oxygen atoms in total. The highest BCUT2D eigenvalue weighted by Crippen LogP contribution is 2.57. The standard InChI is InChI=1S/C28H39N3O3S/c1-18(26(33)29-11-12-31-13-15-34-16-14-31)21-9-10-28(3)17-22-24(19(2)23(28)25(21)32)30-27(35-22)20-7-5-4-6-8-20/h4-8,18-19,21,23,25,32H,9-17H2,1-3H3,(H,29,33). The summed E-state index contributed by atoms with van der Waals surface area (Å²) in [4.78, 5) is 21.8. The van der Waals surface area contributed by atoms with Gasteiger partial charge >= 0.3 is 0 Å². The second-order valence-corrected chi connectivity index (χ2v) is 12.1. The maximum Gasteiger partial charge on any atom is 0.223 e. The predicted octanol–water partition coefficient (Wildman–Crippen LogP) is 3.95. The monoisotopic (exact) mass is 497 g/mol. The molecule has 2 N–H and O–H groups in total. The normalized spacial score (nSPS) is 31.9. The molecule has 1 aromatic heterocycles. The first kappa shape index (κ1) is 24.9. The molecule has 6 unspecified atom stereocenters. The van der Waals surface area contributed by atoms with Crippen molar-refractivity contribution in [3.63, 3.8) is 0 Å². The third-order valence-corrected chi connectivity index (χ3v) is 9.95. The molecular formula is C28H39N3O3S. The van der Waals surface area contributed by atoms with Crippen LogP contribution >= 0.6 is 11.3 Å². The topological polar surface area (TPSA) is 74.7 Å². The molecule has 1 amide bonds. The molecule has 2 heterocycles. The van der Waals surface area contributed by atoms with E-state index in [9.17, 15) is 9.90 Å². The summed E-state index contributed by atoms with van der Waals surface area (Å²) in [6.45, 7) is 11.5. The third-order valence-electron chi connectivity index (χ3n) is 8.83. The molecule has 2 aromatic rings. The second-order valence-electron chi connectivity index (χ2n) is 11.1. The van der Waals surface area contributed by atoms with Crippen LogP contribution in [0.5, 0.6) is 0 Å². The summed E-state index contributed by atoms with van der Waals surface area (Å²) < 4.78 is 5.40. The van der Waals surface area contributed by atoms with Gasteiger partial charge in [0.25, 0.3) is 0 Å². The van der Waals surface area contributed by atoms with Gasteiger partial charge in [0.2, 0.25) is 5.91 Å². The van der Waals surface area contributed by atoms with Crippen molar-refractivity contribution >= 4 is 17.2 Å². The lowest BCUT2D eigenvalue weighted by molar-refractivity contribution is -0.134. The number of aliphatic hydroxyl groups is 1. The Hall–Kier alpha value is -1.80. The van der Waals surface area contributed by atoms with Gasteiger partial charge in [-0.05, 0) is 36.5 Å². The van der Waals surface area contributed by atoms with E-state index in [1.54, 1.807) is 0 Å². The molecule has 2 fully saturated rings. The molecule has 5 rings (SSSR count). The van der Waals surface area contributed by atoms with Gasteiger partial charge in [-0.25, -0.2) is 4.98 Å². The lowest BCUT2D eigenvalue weighted by atomic mass is 9.53. The minimum Gasteiger partial charge on any atom is -0.392 e. The Morgan fingerprint density at radius 3 is 2.80 bits per heavy atom. The predicted molar refractivity (Wildman–Crippen MR) is 139 cm³/mol. The molecule has 1 aliphatic heterocycles. The molecule has 35 heavy (non-hydrogen) atoms. The van der Waals surface area contributed by atoms with Crippen molar-refractivity contribution in [1.29, 1.82) is 0 Å². The van der Waals surface area contributed by atoms with Crippen molar-refractivity contribution in [2.45, 2.75) is 52.1 Å². The Bertz CT molecular complexity index is 1020. The summed E-state index contributed by atoms with van der Waals surface area (Å²) in [5.41, 5.74) is 2.35. The van der Waals surface area contributed by atoms with Crippen LogP contribution in [-0.4, -0.2) is 66.4 Å². The number of carbonyl (C=O) groups excluding carboxylic acids is 1. The van der Waals surface area contributed by atoms with Gasteiger partial charge in [-0.15, -0.1) is 11.3 Å². The van der Waals surface area contributed by atoms with Crippen molar-refractivity contribution < 1.29 is 14.6 Å². The lowest BCUT2D eigenvalue weighted by Gasteiger charge is -2.53. The number of hydrogen-bond acceptors (Lipinski definition) is 6. The quantitative estimate of drug-likeness (QED) is 0.632. The summed E-state index contributed by atoms with van der Waals surface area (Å²) in [6.07, 6.45) is 2.39. The molecule has 1 aromatic carbocycles. The number of nitrogens with zero attached hydrogens (tertiary/aromatic N) is 2. The SMILES string of the molecule is CC(C(=O)NCCN1CCOCC1)C1CCC2(C)Cc3sc(-c4ccccc4)nc3C(C)C2C1O. The Morgan fingerprint density at radius 2 is 2.06 bits per heavy atom. The van der Waals surface area contributed by atoms with Crippen LogP contribution in [0.25, 0.3) is 10.6 Å². The number of rotatable bonds is 6. The smallest absolute Gasteiger partial charge is 0.223 e. The summed E-state index contributed by atoms with van der Waals surface area (Å²) in [7, 11) is 0. The number of benzene rings is 1. The van der Waals surface area contributed by atoms with Crippen LogP contribution in [0.4, 0.5) is 0 Å². The van der Waals surface area contributed by atoms with E-state index in [1.165, 1.54) is 4.88 Å². The summed E-state index contributed by atoms with van der Waals surface area (Å²) in [5.74, 6) is 0.126. The van der Waals surface area contributed by atoms with Gasteiger partial charge in [-0.1, -0.05) is 51.1 Å². The number of carbonyl (C=O) groups is 1. The maximum atomic E-state index is 13.0. The van der Waals surface area contributed by atoms with E-state index in [1.807, 2.05) is 24.3 Å². The molecule has 0 bridgehead atoms. The number of thiazole rings is 1. The highest BCUT2D eigenvalue weighted by molar-refractivity contribution is 7.15. The Kier molecular flexibility index (Phi) is 7.31. The number of morpholine rings is 1. The zero-order valence-corrected chi connectivity index (χ0v) is 22.0. The zero-order valence-electron chi connectivity index (χ0n) is 21.2. The van der Waals surface area contributed by atoms with Gasteiger partial charge in [0.15, 0.2) is 0 Å². The van der Waals surface area contributed by atoms with Gasteiger partial charge in [0, 0.05) is 48.5 Å². The van der Waals surface area contributed by atoms with E-state index < -0.39 is 6.10 Å². The van der Waals surface area contributed by atoms with E-state index in [0.717, 1.165) is 68.4 Å². The summed E-state index contributed by atoms with van der Waals surface area (Å²) in [6, 6.07) is 10.4. The van der Waals surface area contributed by atoms with E-state index in [4.69, 9.17) is 9.72 Å². The number of aromatic nitrogens is 1. The fourth-order valence-corrected chi connectivity index (χ4v) is 8.14. The minimum atomic E-state index is -0.501. The van der Waals surface area contributed by atoms with Crippen LogP contribution < -0.4 is 5.32 Å². The van der Waals surface area contributed by atoms with Crippen molar-refractivity contribution in [2.24, 2.45) is 23.2 Å². The van der Waals surface area contributed by atoms with Crippen LogP contribution in [-0.2, 0) is 16.0 Å². The van der Waals surface area contributed by atoms with Crippen molar-refractivity contribution in [1.82, 2.24) is 15.2 Å². The molecule has 0 radical (unpaired) electrons. The van der Waals surface area contributed by atoms with E-state index >= 15 is 0 Å². The lowest BCUT2D eigenvalue weighted by Crippen LogP contribution is -2.53. The summed E-state index contributed by atoms with van der Waals surface area (Å²) >= 11 is 1.81. The molecule has 0 spiro atoms. The van der Waals surface area contributed by atoms with E-state index in [-0.39, 0.29) is 35.0 Å². The van der Waals surface area contributed by atoms with Crippen molar-refractivity contribution in [3.05, 3.63) is 40.9 Å². The largest absolute Gasteiger partial charge is 0.392 e. The molecule has 1 saturated heterocycles. The first-order valence-electron chi connectivity index (χ1n) is 13.2. The molecule has 190 valence electrons. The molecule has 2 aliphatic carbocycles. The fourth-order valence-electron chi connectivity index (χ4n) is 6.77. The van der Waals surface area contributed by atoms with Crippen LogP contribution in [0.3, 0.4) is 0 Å². The molecule has 1 saturated carbocycles. The highest BCUT2D eigenvalue weighted by atomic mass is 32.1. The first-order chi connectivity index (χ1) is 16.9. The first-order valence-corrected chi connectivity index (χ1v) is 14.0. The van der Waals surface area contributed by atoms with Gasteiger partial charge in [-0.3, -0.25) is 9.69 Å². The van der Waals surface area contributed by atoms with Gasteiger partial charge in [-0.2, -0.15) is 0 Å². The van der Waals surface area contributed by atoms with Crippen LogP contribution in [0.15, 0.2) is 30.3 Å². The fraction of sp³-hybridized carbons (Fsp3) is 0.643. The molecule has 3 aliphatic rings. The average Bonchev–Trinajstić information content (AvgIpc) is 3.29. The molecular weight excluding hydrogens is 458 g/mol. The number of amides is 1. The van der Waals surface area contributed by atoms with Crippen LogP contribution in [0, 0.1) is 23.2 Å². The van der Waals surface area contributed by atoms with E-state index in [0.29, 0.717) is 6.54 Å². The van der Waals surface area contributed by atoms with Crippen LogP contribution in [0.1, 0.15) is 50.1 Å². The zero-order chi connectivity index (χ0) is 24.6. The minimum absolute atomic E-state index is 0.0207. The van der Waals surface area contributed by atoms with Gasteiger partial charge in [0.1, 0.15) is 5.01 Å². The second kappa shape index (κ2) is 10.3. The maximum absolute atomic E-state index is 13.0. The Balaban J connectivity index is 1.27. The average molecular weight is 498 g/mol. The third kappa shape index (κ3) is 4.93. The Labute approximate surface area is 213 Å².